The highest BCUT2D eigenvalue weighted by Crippen LogP contribution is 2.32. The van der Waals surface area contributed by atoms with Crippen molar-refractivity contribution in [2.24, 2.45) is 0 Å². The van der Waals surface area contributed by atoms with Crippen molar-refractivity contribution in [1.29, 1.82) is 0 Å². The molecule has 1 N–H and O–H groups in total. The number of hydrogen-bond donors (Lipinski definition) is 1. The van der Waals surface area contributed by atoms with Crippen LogP contribution in [0, 0.1) is 13.8 Å². The lowest BCUT2D eigenvalue weighted by molar-refractivity contribution is -0.123. The van der Waals surface area contributed by atoms with Crippen molar-refractivity contribution in [2.75, 3.05) is 19.8 Å². The molecule has 1 aliphatic heterocycles. The SMILES string of the molecule is Cc1ccc(OCC(=O)NC(C)c2ccc3c(c2)OCCO3)c(C)c1. The summed E-state index contributed by atoms with van der Waals surface area (Å²) in [6, 6.07) is 11.5. The summed E-state index contributed by atoms with van der Waals surface area (Å²) in [7, 11) is 0. The largest absolute Gasteiger partial charge is 0.486 e. The quantitative estimate of drug-likeness (QED) is 0.906. The molecule has 3 rings (SSSR count). The van der Waals surface area contributed by atoms with E-state index < -0.39 is 0 Å². The van der Waals surface area contributed by atoms with Crippen LogP contribution in [0.25, 0.3) is 0 Å². The van der Waals surface area contributed by atoms with E-state index in [9.17, 15) is 4.79 Å². The Hall–Kier alpha value is -2.69. The molecule has 2 aromatic rings. The van der Waals surface area contributed by atoms with Gasteiger partial charge in [-0.1, -0.05) is 23.8 Å². The normalized spacial score (nSPS) is 13.9. The third-order valence-electron chi connectivity index (χ3n) is 4.13. The van der Waals surface area contributed by atoms with Crippen LogP contribution in [0.5, 0.6) is 17.2 Å². The van der Waals surface area contributed by atoms with Crippen LogP contribution in [0.3, 0.4) is 0 Å². The van der Waals surface area contributed by atoms with E-state index in [0.717, 1.165) is 28.4 Å². The summed E-state index contributed by atoms with van der Waals surface area (Å²) in [6.07, 6.45) is 0. The number of rotatable bonds is 5. The molecular weight excluding hydrogens is 318 g/mol. The molecule has 1 amide bonds. The zero-order valence-corrected chi connectivity index (χ0v) is 14.8. The smallest absolute Gasteiger partial charge is 0.258 e. The monoisotopic (exact) mass is 341 g/mol. The third kappa shape index (κ3) is 4.24. The Kier molecular flexibility index (Phi) is 5.12. The molecule has 0 aliphatic carbocycles. The Balaban J connectivity index is 1.57. The van der Waals surface area contributed by atoms with Crippen LogP contribution in [-0.2, 0) is 4.79 Å². The fourth-order valence-corrected chi connectivity index (χ4v) is 2.80. The van der Waals surface area contributed by atoms with E-state index in [1.165, 1.54) is 5.56 Å². The molecule has 0 aromatic heterocycles. The molecule has 1 unspecified atom stereocenters. The fraction of sp³-hybridized carbons (Fsp3) is 0.350. The molecule has 0 fully saturated rings. The average molecular weight is 341 g/mol. The van der Waals surface area contributed by atoms with E-state index in [4.69, 9.17) is 14.2 Å². The lowest BCUT2D eigenvalue weighted by Crippen LogP contribution is -2.31. The summed E-state index contributed by atoms with van der Waals surface area (Å²) in [5.41, 5.74) is 3.15. The highest BCUT2D eigenvalue weighted by Gasteiger charge is 2.16. The molecule has 0 radical (unpaired) electrons. The predicted octanol–water partition coefficient (Wildman–Crippen LogP) is 3.33. The second kappa shape index (κ2) is 7.47. The van der Waals surface area contributed by atoms with Gasteiger partial charge in [-0.15, -0.1) is 0 Å². The maximum atomic E-state index is 12.2. The Labute approximate surface area is 147 Å². The van der Waals surface area contributed by atoms with Crippen LogP contribution >= 0.6 is 0 Å². The zero-order chi connectivity index (χ0) is 17.8. The molecule has 2 aromatic carbocycles. The van der Waals surface area contributed by atoms with E-state index in [0.29, 0.717) is 13.2 Å². The van der Waals surface area contributed by atoms with Gasteiger partial charge in [-0.3, -0.25) is 4.79 Å². The Morgan fingerprint density at radius 1 is 1.12 bits per heavy atom. The molecule has 25 heavy (non-hydrogen) atoms. The molecule has 0 bridgehead atoms. The maximum absolute atomic E-state index is 12.2. The first-order chi connectivity index (χ1) is 12.0. The van der Waals surface area contributed by atoms with Gasteiger partial charge < -0.3 is 19.5 Å². The van der Waals surface area contributed by atoms with Gasteiger partial charge in [0.05, 0.1) is 6.04 Å². The highest BCUT2D eigenvalue weighted by atomic mass is 16.6. The summed E-state index contributed by atoms with van der Waals surface area (Å²) in [5, 5.41) is 2.94. The highest BCUT2D eigenvalue weighted by molar-refractivity contribution is 5.78. The summed E-state index contributed by atoms with van der Waals surface area (Å²) in [6.45, 7) is 7.02. The predicted molar refractivity (Wildman–Crippen MR) is 95.4 cm³/mol. The van der Waals surface area contributed by atoms with Crippen molar-refractivity contribution in [3.05, 3.63) is 53.1 Å². The van der Waals surface area contributed by atoms with Crippen molar-refractivity contribution < 1.29 is 19.0 Å². The first-order valence-electron chi connectivity index (χ1n) is 8.42. The van der Waals surface area contributed by atoms with Gasteiger partial charge in [-0.2, -0.15) is 0 Å². The summed E-state index contributed by atoms with van der Waals surface area (Å²) < 4.78 is 16.7. The Morgan fingerprint density at radius 3 is 2.64 bits per heavy atom. The minimum absolute atomic E-state index is 0.0151. The molecule has 1 heterocycles. The van der Waals surface area contributed by atoms with Gasteiger partial charge in [-0.05, 0) is 50.1 Å². The van der Waals surface area contributed by atoms with Gasteiger partial charge in [0, 0.05) is 0 Å². The molecule has 0 saturated carbocycles. The number of amides is 1. The number of benzene rings is 2. The number of carbonyl (C=O) groups is 1. The van der Waals surface area contributed by atoms with E-state index in [2.05, 4.69) is 5.32 Å². The topological polar surface area (TPSA) is 56.8 Å². The number of fused-ring (bicyclic) bond motifs is 1. The van der Waals surface area contributed by atoms with Gasteiger partial charge in [-0.25, -0.2) is 0 Å². The molecule has 132 valence electrons. The third-order valence-corrected chi connectivity index (χ3v) is 4.13. The van der Waals surface area contributed by atoms with Gasteiger partial charge in [0.15, 0.2) is 18.1 Å². The van der Waals surface area contributed by atoms with Crippen molar-refractivity contribution >= 4 is 5.91 Å². The van der Waals surface area contributed by atoms with Crippen LogP contribution in [0.2, 0.25) is 0 Å². The number of hydrogen-bond acceptors (Lipinski definition) is 4. The molecule has 5 nitrogen and oxygen atoms in total. The average Bonchev–Trinajstić information content (AvgIpc) is 2.60. The van der Waals surface area contributed by atoms with E-state index >= 15 is 0 Å². The molecular formula is C20H23NO4. The molecule has 5 heteroatoms. The van der Waals surface area contributed by atoms with Crippen molar-refractivity contribution in [3.63, 3.8) is 0 Å². The van der Waals surface area contributed by atoms with Crippen LogP contribution in [0.1, 0.15) is 29.7 Å². The standard InChI is InChI=1S/C20H23NO4/c1-13-4-6-17(14(2)10-13)25-12-20(22)21-15(3)16-5-7-18-19(11-16)24-9-8-23-18/h4-7,10-11,15H,8-9,12H2,1-3H3,(H,21,22). The molecule has 1 atom stereocenters. The molecule has 0 saturated heterocycles. The van der Waals surface area contributed by atoms with Crippen LogP contribution in [0.15, 0.2) is 36.4 Å². The van der Waals surface area contributed by atoms with E-state index in [1.54, 1.807) is 0 Å². The van der Waals surface area contributed by atoms with E-state index in [-0.39, 0.29) is 18.6 Å². The van der Waals surface area contributed by atoms with E-state index in [1.807, 2.05) is 57.2 Å². The number of ether oxygens (including phenoxy) is 3. The molecule has 1 aliphatic rings. The lowest BCUT2D eigenvalue weighted by atomic mass is 10.1. The van der Waals surface area contributed by atoms with Crippen molar-refractivity contribution in [3.8, 4) is 17.2 Å². The lowest BCUT2D eigenvalue weighted by Gasteiger charge is -2.21. The minimum Gasteiger partial charge on any atom is -0.486 e. The number of carbonyl (C=O) groups excluding carboxylic acids is 1. The zero-order valence-electron chi connectivity index (χ0n) is 14.8. The summed E-state index contributed by atoms with van der Waals surface area (Å²) in [5.74, 6) is 2.03. The van der Waals surface area contributed by atoms with Gasteiger partial charge in [0.1, 0.15) is 19.0 Å². The first kappa shape index (κ1) is 17.1. The summed E-state index contributed by atoms with van der Waals surface area (Å²) in [4.78, 5) is 12.2. The van der Waals surface area contributed by atoms with Crippen LogP contribution < -0.4 is 19.5 Å². The fourth-order valence-electron chi connectivity index (χ4n) is 2.80. The van der Waals surface area contributed by atoms with Gasteiger partial charge in [0.25, 0.3) is 5.91 Å². The number of nitrogens with one attached hydrogen (secondary N) is 1. The molecule has 0 spiro atoms. The second-order valence-electron chi connectivity index (χ2n) is 6.25. The first-order valence-corrected chi connectivity index (χ1v) is 8.42. The van der Waals surface area contributed by atoms with Gasteiger partial charge >= 0.3 is 0 Å². The van der Waals surface area contributed by atoms with Crippen LogP contribution in [0.4, 0.5) is 0 Å². The van der Waals surface area contributed by atoms with Gasteiger partial charge in [0.2, 0.25) is 0 Å². The number of aryl methyl sites for hydroxylation is 2. The minimum atomic E-state index is -0.164. The Morgan fingerprint density at radius 2 is 1.88 bits per heavy atom. The second-order valence-corrected chi connectivity index (χ2v) is 6.25. The maximum Gasteiger partial charge on any atom is 0.258 e. The van der Waals surface area contributed by atoms with Crippen molar-refractivity contribution in [2.45, 2.75) is 26.8 Å². The van der Waals surface area contributed by atoms with Crippen LogP contribution in [-0.4, -0.2) is 25.7 Å². The summed E-state index contributed by atoms with van der Waals surface area (Å²) >= 11 is 0. The Bertz CT molecular complexity index is 772. The van der Waals surface area contributed by atoms with Crippen molar-refractivity contribution in [1.82, 2.24) is 5.32 Å².